The van der Waals surface area contributed by atoms with Crippen molar-refractivity contribution in [2.45, 2.75) is 58.9 Å². The first-order chi connectivity index (χ1) is 8.69. The maximum absolute atomic E-state index is 3.67. The van der Waals surface area contributed by atoms with Crippen LogP contribution in [0, 0.1) is 19.8 Å². The average molecular weight is 245 g/mol. The normalized spacial score (nSPS) is 23.5. The summed E-state index contributed by atoms with van der Waals surface area (Å²) >= 11 is 0. The fraction of sp³-hybridized carbons (Fsp3) is 0.647. The summed E-state index contributed by atoms with van der Waals surface area (Å²) in [6.07, 6.45) is 6.65. The lowest BCUT2D eigenvalue weighted by Gasteiger charge is -2.13. The molecule has 100 valence electrons. The molecule has 1 aliphatic rings. The van der Waals surface area contributed by atoms with Crippen molar-refractivity contribution in [2.75, 3.05) is 6.54 Å². The minimum absolute atomic E-state index is 0.779. The van der Waals surface area contributed by atoms with Gasteiger partial charge in [0.15, 0.2) is 0 Å². The molecule has 1 aromatic carbocycles. The van der Waals surface area contributed by atoms with Crippen LogP contribution in [0.4, 0.5) is 0 Å². The molecule has 1 saturated carbocycles. The average Bonchev–Trinajstić information content (AvgIpc) is 2.79. The van der Waals surface area contributed by atoms with Crippen LogP contribution in [-0.2, 0) is 6.42 Å². The predicted molar refractivity (Wildman–Crippen MR) is 79.0 cm³/mol. The number of nitrogens with one attached hydrogen (secondary N) is 1. The number of aryl methyl sites for hydroxylation is 2. The summed E-state index contributed by atoms with van der Waals surface area (Å²) in [7, 11) is 0. The second-order valence-corrected chi connectivity index (χ2v) is 5.95. The van der Waals surface area contributed by atoms with E-state index in [1.54, 1.807) is 0 Å². The molecular formula is C17H27N. The molecule has 0 heterocycles. The van der Waals surface area contributed by atoms with Crippen LogP contribution >= 0.6 is 0 Å². The molecule has 2 rings (SSSR count). The van der Waals surface area contributed by atoms with Gasteiger partial charge in [-0.1, -0.05) is 25.1 Å². The minimum atomic E-state index is 0.779. The van der Waals surface area contributed by atoms with Crippen molar-refractivity contribution in [3.8, 4) is 0 Å². The maximum Gasteiger partial charge on any atom is 0.00699 e. The molecule has 1 heteroatoms. The van der Waals surface area contributed by atoms with E-state index < -0.39 is 0 Å². The van der Waals surface area contributed by atoms with Gasteiger partial charge in [-0.15, -0.1) is 0 Å². The zero-order valence-electron chi connectivity index (χ0n) is 12.1. The molecular weight excluding hydrogens is 218 g/mol. The van der Waals surface area contributed by atoms with Gasteiger partial charge in [-0.3, -0.25) is 0 Å². The first kappa shape index (κ1) is 13.6. The third-order valence-corrected chi connectivity index (χ3v) is 4.32. The number of rotatable bonds is 5. The molecule has 1 aliphatic carbocycles. The standard InChI is InChI=1S/C17H27N/c1-4-9-18-17-8-7-16(12-17)11-15-6-5-13(2)14(3)10-15/h5-6,10,16-18H,4,7-9,11-12H2,1-3H3. The van der Waals surface area contributed by atoms with Crippen LogP contribution in [0.25, 0.3) is 0 Å². The van der Waals surface area contributed by atoms with E-state index in [1.165, 1.54) is 55.3 Å². The molecule has 0 saturated heterocycles. The van der Waals surface area contributed by atoms with Crippen molar-refractivity contribution in [1.29, 1.82) is 0 Å². The van der Waals surface area contributed by atoms with E-state index >= 15 is 0 Å². The highest BCUT2D eigenvalue weighted by Crippen LogP contribution is 2.29. The molecule has 1 nitrogen and oxygen atoms in total. The van der Waals surface area contributed by atoms with Gasteiger partial charge >= 0.3 is 0 Å². The SMILES string of the molecule is CCCNC1CCC(Cc2ccc(C)c(C)c2)C1. The second-order valence-electron chi connectivity index (χ2n) is 5.95. The Balaban J connectivity index is 1.85. The van der Waals surface area contributed by atoms with E-state index in [0.29, 0.717) is 0 Å². The highest BCUT2D eigenvalue weighted by Gasteiger charge is 2.24. The summed E-state index contributed by atoms with van der Waals surface area (Å²) in [5.74, 6) is 0.890. The van der Waals surface area contributed by atoms with Crippen molar-refractivity contribution in [1.82, 2.24) is 5.32 Å². The Morgan fingerprint density at radius 2 is 2.00 bits per heavy atom. The fourth-order valence-corrected chi connectivity index (χ4v) is 3.06. The summed E-state index contributed by atoms with van der Waals surface area (Å²) < 4.78 is 0. The molecule has 1 aromatic rings. The Hall–Kier alpha value is -0.820. The number of benzene rings is 1. The maximum atomic E-state index is 3.67. The molecule has 0 aromatic heterocycles. The second kappa shape index (κ2) is 6.38. The summed E-state index contributed by atoms with van der Waals surface area (Å²) in [5, 5.41) is 3.67. The fourth-order valence-electron chi connectivity index (χ4n) is 3.06. The third-order valence-electron chi connectivity index (χ3n) is 4.32. The number of hydrogen-bond acceptors (Lipinski definition) is 1. The van der Waals surface area contributed by atoms with Crippen LogP contribution < -0.4 is 5.32 Å². The number of hydrogen-bond donors (Lipinski definition) is 1. The van der Waals surface area contributed by atoms with E-state index in [2.05, 4.69) is 44.3 Å². The van der Waals surface area contributed by atoms with Crippen LogP contribution in [0.1, 0.15) is 49.3 Å². The highest BCUT2D eigenvalue weighted by molar-refractivity contribution is 5.30. The highest BCUT2D eigenvalue weighted by atomic mass is 14.9. The van der Waals surface area contributed by atoms with Crippen LogP contribution in [-0.4, -0.2) is 12.6 Å². The van der Waals surface area contributed by atoms with E-state index in [1.807, 2.05) is 0 Å². The smallest absolute Gasteiger partial charge is 0.00699 e. The van der Waals surface area contributed by atoms with Crippen molar-refractivity contribution in [3.05, 3.63) is 34.9 Å². The van der Waals surface area contributed by atoms with Gasteiger partial charge in [0.25, 0.3) is 0 Å². The van der Waals surface area contributed by atoms with Gasteiger partial charge in [0.1, 0.15) is 0 Å². The molecule has 0 bridgehead atoms. The lowest BCUT2D eigenvalue weighted by atomic mass is 9.95. The van der Waals surface area contributed by atoms with Crippen molar-refractivity contribution in [2.24, 2.45) is 5.92 Å². The molecule has 0 radical (unpaired) electrons. The van der Waals surface area contributed by atoms with Crippen molar-refractivity contribution in [3.63, 3.8) is 0 Å². The molecule has 2 atom stereocenters. The first-order valence-electron chi connectivity index (χ1n) is 7.48. The molecule has 2 unspecified atom stereocenters. The monoisotopic (exact) mass is 245 g/mol. The van der Waals surface area contributed by atoms with Crippen LogP contribution in [0.15, 0.2) is 18.2 Å². The van der Waals surface area contributed by atoms with Crippen LogP contribution in [0.3, 0.4) is 0 Å². The first-order valence-corrected chi connectivity index (χ1v) is 7.48. The lowest BCUT2D eigenvalue weighted by Crippen LogP contribution is -2.27. The van der Waals surface area contributed by atoms with Crippen molar-refractivity contribution < 1.29 is 0 Å². The van der Waals surface area contributed by atoms with Gasteiger partial charge in [-0.2, -0.15) is 0 Å². The van der Waals surface area contributed by atoms with Gasteiger partial charge in [0.2, 0.25) is 0 Å². The molecule has 0 amide bonds. The van der Waals surface area contributed by atoms with E-state index in [4.69, 9.17) is 0 Å². The Bertz CT molecular complexity index is 383. The van der Waals surface area contributed by atoms with Gasteiger partial charge in [0, 0.05) is 6.04 Å². The van der Waals surface area contributed by atoms with Crippen LogP contribution in [0.5, 0.6) is 0 Å². The van der Waals surface area contributed by atoms with E-state index in [9.17, 15) is 0 Å². The summed E-state index contributed by atoms with van der Waals surface area (Å²) in [6.45, 7) is 7.84. The Morgan fingerprint density at radius 3 is 2.72 bits per heavy atom. The van der Waals surface area contributed by atoms with Gasteiger partial charge < -0.3 is 5.32 Å². The minimum Gasteiger partial charge on any atom is -0.314 e. The lowest BCUT2D eigenvalue weighted by molar-refractivity contribution is 0.484. The van der Waals surface area contributed by atoms with Gasteiger partial charge in [0.05, 0.1) is 0 Å². The Kier molecular flexibility index (Phi) is 4.82. The molecule has 0 spiro atoms. The Morgan fingerprint density at radius 1 is 1.17 bits per heavy atom. The third kappa shape index (κ3) is 3.58. The van der Waals surface area contributed by atoms with E-state index in [0.717, 1.165) is 12.0 Å². The van der Waals surface area contributed by atoms with E-state index in [-0.39, 0.29) is 0 Å². The topological polar surface area (TPSA) is 12.0 Å². The van der Waals surface area contributed by atoms with Gasteiger partial charge in [-0.05, 0) is 75.1 Å². The molecule has 0 aliphatic heterocycles. The van der Waals surface area contributed by atoms with Crippen LogP contribution in [0.2, 0.25) is 0 Å². The van der Waals surface area contributed by atoms with Gasteiger partial charge in [-0.25, -0.2) is 0 Å². The Labute approximate surface area is 112 Å². The predicted octanol–water partition coefficient (Wildman–Crippen LogP) is 4.01. The molecule has 1 N–H and O–H groups in total. The quantitative estimate of drug-likeness (QED) is 0.826. The summed E-state index contributed by atoms with van der Waals surface area (Å²) in [5.41, 5.74) is 4.37. The largest absolute Gasteiger partial charge is 0.314 e. The summed E-state index contributed by atoms with van der Waals surface area (Å²) in [4.78, 5) is 0. The molecule has 18 heavy (non-hydrogen) atoms. The zero-order chi connectivity index (χ0) is 13.0. The van der Waals surface area contributed by atoms with Crippen molar-refractivity contribution >= 4 is 0 Å². The molecule has 1 fully saturated rings. The summed E-state index contributed by atoms with van der Waals surface area (Å²) in [6, 6.07) is 7.74. The zero-order valence-corrected chi connectivity index (χ0v) is 12.1.